The smallest absolute Gasteiger partial charge is 0.228 e. The van der Waals surface area contributed by atoms with Crippen LogP contribution in [0, 0.1) is 25.2 Å². The Morgan fingerprint density at radius 3 is 3.09 bits per heavy atom. The van der Waals surface area contributed by atoms with Crippen molar-refractivity contribution < 1.29 is 9.53 Å². The largest absolute Gasteiger partial charge is 0.490 e. The summed E-state index contributed by atoms with van der Waals surface area (Å²) in [4.78, 5) is 13.1. The van der Waals surface area contributed by atoms with Gasteiger partial charge in [-0.25, -0.2) is 0 Å². The molecule has 23 heavy (non-hydrogen) atoms. The Labute approximate surface area is 138 Å². The van der Waals surface area contributed by atoms with E-state index in [1.165, 1.54) is 30.4 Å². The van der Waals surface area contributed by atoms with Gasteiger partial charge < -0.3 is 15.4 Å². The lowest BCUT2D eigenvalue weighted by Gasteiger charge is -2.37. The highest BCUT2D eigenvalue weighted by Crippen LogP contribution is 2.45. The summed E-state index contributed by atoms with van der Waals surface area (Å²) in [6.45, 7) is 6.57. The Kier molecular flexibility index (Phi) is 3.60. The van der Waals surface area contributed by atoms with Crippen molar-refractivity contribution >= 4 is 5.91 Å². The minimum Gasteiger partial charge on any atom is -0.490 e. The molecule has 0 spiro atoms. The summed E-state index contributed by atoms with van der Waals surface area (Å²) in [5.41, 5.74) is 3.37. The molecule has 2 fully saturated rings. The van der Waals surface area contributed by atoms with Gasteiger partial charge in [0.25, 0.3) is 0 Å². The van der Waals surface area contributed by atoms with E-state index in [1.54, 1.807) is 0 Å². The summed E-state index contributed by atoms with van der Waals surface area (Å²) in [6.07, 6.45) is 4.62. The molecule has 1 aliphatic carbocycles. The first-order chi connectivity index (χ1) is 11.1. The van der Waals surface area contributed by atoms with E-state index in [2.05, 4.69) is 36.6 Å². The van der Waals surface area contributed by atoms with Crippen LogP contribution in [0.2, 0.25) is 0 Å². The Balaban J connectivity index is 1.56. The van der Waals surface area contributed by atoms with E-state index in [0.717, 1.165) is 30.8 Å². The number of amides is 1. The minimum atomic E-state index is -0.194. The van der Waals surface area contributed by atoms with Crippen LogP contribution in [-0.4, -0.2) is 25.6 Å². The van der Waals surface area contributed by atoms with E-state index in [4.69, 9.17) is 4.74 Å². The number of nitrogens with one attached hydrogen (secondary N) is 2. The van der Waals surface area contributed by atoms with Crippen LogP contribution in [-0.2, 0) is 4.79 Å². The van der Waals surface area contributed by atoms with Crippen LogP contribution in [0.5, 0.6) is 5.75 Å². The zero-order valence-electron chi connectivity index (χ0n) is 14.1. The first-order valence-electron chi connectivity index (χ1n) is 8.86. The Bertz CT molecular complexity index is 643. The van der Waals surface area contributed by atoms with Crippen LogP contribution >= 0.6 is 0 Å². The van der Waals surface area contributed by atoms with E-state index in [9.17, 15) is 4.79 Å². The molecule has 2 N–H and O–H groups in total. The van der Waals surface area contributed by atoms with Crippen LogP contribution < -0.4 is 15.4 Å². The Hall–Kier alpha value is -1.55. The molecular weight excluding hydrogens is 288 g/mol. The molecule has 1 unspecified atom stereocenters. The first-order valence-corrected chi connectivity index (χ1v) is 8.86. The number of fused-ring (bicyclic) bond motifs is 2. The Morgan fingerprint density at radius 1 is 1.35 bits per heavy atom. The molecule has 1 saturated heterocycles. The van der Waals surface area contributed by atoms with Crippen molar-refractivity contribution in [2.45, 2.75) is 45.6 Å². The standard InChI is InChI=1S/C19H26N2O2/c1-12-6-7-15-16(10-23-17(15)13(12)2)21-18(22)19-8-4-3-5-14(19)9-20-11-19/h6-7,14,16,20H,3-5,8-11H2,1-2H3,(H,21,22)/t14-,16?,19+/m0/s1. The molecule has 1 aromatic carbocycles. The topological polar surface area (TPSA) is 50.4 Å². The van der Waals surface area contributed by atoms with Gasteiger partial charge in [0.05, 0.1) is 11.5 Å². The average molecular weight is 314 g/mol. The summed E-state index contributed by atoms with van der Waals surface area (Å²) in [5, 5.41) is 6.76. The number of rotatable bonds is 2. The highest BCUT2D eigenvalue weighted by molar-refractivity contribution is 5.84. The van der Waals surface area contributed by atoms with Crippen molar-refractivity contribution in [2.24, 2.45) is 11.3 Å². The second kappa shape index (κ2) is 5.52. The number of aryl methyl sites for hydroxylation is 1. The number of hydrogen-bond acceptors (Lipinski definition) is 3. The van der Waals surface area contributed by atoms with Gasteiger partial charge in [0.1, 0.15) is 12.4 Å². The monoisotopic (exact) mass is 314 g/mol. The fourth-order valence-corrected chi connectivity index (χ4v) is 4.65. The van der Waals surface area contributed by atoms with Crippen LogP contribution in [0.1, 0.15) is 48.4 Å². The van der Waals surface area contributed by atoms with E-state index < -0.39 is 0 Å². The molecule has 2 heterocycles. The predicted molar refractivity (Wildman–Crippen MR) is 89.6 cm³/mol. The number of carbonyl (C=O) groups excluding carboxylic acids is 1. The van der Waals surface area contributed by atoms with Crippen molar-refractivity contribution in [1.82, 2.24) is 10.6 Å². The van der Waals surface area contributed by atoms with E-state index in [-0.39, 0.29) is 17.4 Å². The second-order valence-corrected chi connectivity index (χ2v) is 7.49. The first kappa shape index (κ1) is 15.0. The van der Waals surface area contributed by atoms with Crippen LogP contribution in [0.25, 0.3) is 0 Å². The van der Waals surface area contributed by atoms with Crippen molar-refractivity contribution in [1.29, 1.82) is 0 Å². The molecule has 0 bridgehead atoms. The maximum absolute atomic E-state index is 13.1. The third-order valence-electron chi connectivity index (χ3n) is 6.27. The van der Waals surface area contributed by atoms with Gasteiger partial charge in [-0.05, 0) is 50.3 Å². The van der Waals surface area contributed by atoms with Gasteiger partial charge in [0.2, 0.25) is 5.91 Å². The summed E-state index contributed by atoms with van der Waals surface area (Å²) in [6, 6.07) is 4.23. The normalized spacial score (nSPS) is 32.1. The number of ether oxygens (including phenoxy) is 1. The van der Waals surface area contributed by atoms with Crippen molar-refractivity contribution in [3.05, 3.63) is 28.8 Å². The molecule has 2 aliphatic heterocycles. The quantitative estimate of drug-likeness (QED) is 0.882. The van der Waals surface area contributed by atoms with Gasteiger partial charge in [-0.15, -0.1) is 0 Å². The van der Waals surface area contributed by atoms with Gasteiger partial charge in [0.15, 0.2) is 0 Å². The van der Waals surface area contributed by atoms with E-state index >= 15 is 0 Å². The van der Waals surface area contributed by atoms with Crippen LogP contribution in [0.15, 0.2) is 12.1 Å². The predicted octanol–water partition coefficient (Wildman–Crippen LogP) is 2.63. The highest BCUT2D eigenvalue weighted by Gasteiger charge is 2.50. The van der Waals surface area contributed by atoms with Gasteiger partial charge in [0, 0.05) is 12.1 Å². The van der Waals surface area contributed by atoms with Gasteiger partial charge in [-0.2, -0.15) is 0 Å². The average Bonchev–Trinajstić information content (AvgIpc) is 3.16. The fourth-order valence-electron chi connectivity index (χ4n) is 4.65. The zero-order chi connectivity index (χ0) is 16.0. The van der Waals surface area contributed by atoms with E-state index in [0.29, 0.717) is 12.5 Å². The second-order valence-electron chi connectivity index (χ2n) is 7.49. The molecule has 1 amide bonds. The molecule has 1 aromatic rings. The molecule has 4 rings (SSSR count). The van der Waals surface area contributed by atoms with Gasteiger partial charge >= 0.3 is 0 Å². The van der Waals surface area contributed by atoms with Crippen LogP contribution in [0.3, 0.4) is 0 Å². The summed E-state index contributed by atoms with van der Waals surface area (Å²) < 4.78 is 5.89. The molecular formula is C19H26N2O2. The lowest BCUT2D eigenvalue weighted by atomic mass is 9.67. The highest BCUT2D eigenvalue weighted by atomic mass is 16.5. The number of carbonyl (C=O) groups is 1. The molecule has 3 atom stereocenters. The summed E-state index contributed by atoms with van der Waals surface area (Å²) in [5.74, 6) is 1.70. The minimum absolute atomic E-state index is 0.00523. The number of benzene rings is 1. The molecule has 1 saturated carbocycles. The fraction of sp³-hybridized carbons (Fsp3) is 0.632. The third-order valence-corrected chi connectivity index (χ3v) is 6.27. The zero-order valence-corrected chi connectivity index (χ0v) is 14.1. The lowest BCUT2D eigenvalue weighted by molar-refractivity contribution is -0.134. The van der Waals surface area contributed by atoms with Crippen molar-refractivity contribution in [2.75, 3.05) is 19.7 Å². The SMILES string of the molecule is Cc1ccc2c(c1C)OCC2NC(=O)[C@@]12CCCC[C@H]1CNC2. The van der Waals surface area contributed by atoms with Crippen LogP contribution in [0.4, 0.5) is 0 Å². The molecule has 124 valence electrons. The summed E-state index contributed by atoms with van der Waals surface area (Å²) >= 11 is 0. The molecule has 0 aromatic heterocycles. The Morgan fingerprint density at radius 2 is 2.22 bits per heavy atom. The van der Waals surface area contributed by atoms with Gasteiger partial charge in [-0.3, -0.25) is 4.79 Å². The molecule has 4 nitrogen and oxygen atoms in total. The lowest BCUT2D eigenvalue weighted by Crippen LogP contribution is -2.49. The maximum atomic E-state index is 13.1. The number of hydrogen-bond donors (Lipinski definition) is 2. The molecule has 4 heteroatoms. The maximum Gasteiger partial charge on any atom is 0.228 e. The third kappa shape index (κ3) is 2.26. The summed E-state index contributed by atoms with van der Waals surface area (Å²) in [7, 11) is 0. The van der Waals surface area contributed by atoms with Gasteiger partial charge in [-0.1, -0.05) is 25.0 Å². The van der Waals surface area contributed by atoms with E-state index in [1.807, 2.05) is 0 Å². The van der Waals surface area contributed by atoms with Crippen molar-refractivity contribution in [3.8, 4) is 5.75 Å². The molecule has 3 aliphatic rings. The molecule has 0 radical (unpaired) electrons. The van der Waals surface area contributed by atoms with Crippen molar-refractivity contribution in [3.63, 3.8) is 0 Å².